The highest BCUT2D eigenvalue weighted by Gasteiger charge is 2.17. The minimum Gasteiger partial charge on any atom is -0.497 e. The number of methoxy groups -OCH3 is 1. The summed E-state index contributed by atoms with van der Waals surface area (Å²) < 4.78 is 4.99. The molecule has 0 heterocycles. The number of aldehydes is 1. The van der Waals surface area contributed by atoms with Crippen molar-refractivity contribution in [2.45, 2.75) is 13.3 Å². The van der Waals surface area contributed by atoms with Crippen LogP contribution in [0, 0.1) is 5.92 Å². The van der Waals surface area contributed by atoms with Crippen LogP contribution in [0.1, 0.15) is 23.7 Å². The fraction of sp³-hybridized carbons (Fsp3) is 0.333. The molecule has 1 rings (SSSR count). The number of Topliss-reactive ketones (excluding diaryl/α,β-unsaturated/α-hetero) is 1. The number of carbonyl (C=O) groups excluding carboxylic acids is 2. The van der Waals surface area contributed by atoms with Gasteiger partial charge in [-0.05, 0) is 18.2 Å². The Hall–Kier alpha value is -1.35. The first-order chi connectivity index (χ1) is 7.60. The molecule has 86 valence electrons. The largest absolute Gasteiger partial charge is 0.497 e. The van der Waals surface area contributed by atoms with Crippen molar-refractivity contribution in [2.75, 3.05) is 7.11 Å². The van der Waals surface area contributed by atoms with E-state index in [-0.39, 0.29) is 18.1 Å². The van der Waals surface area contributed by atoms with Crippen LogP contribution in [0.3, 0.4) is 0 Å². The molecule has 0 N–H and O–H groups in total. The van der Waals surface area contributed by atoms with Crippen molar-refractivity contribution >= 4 is 23.7 Å². The second kappa shape index (κ2) is 5.66. The number of halogens is 1. The summed E-state index contributed by atoms with van der Waals surface area (Å²) in [5, 5.41) is 0.349. The molecule has 0 fully saturated rings. The van der Waals surface area contributed by atoms with Crippen LogP contribution in [0.4, 0.5) is 0 Å². The number of hydrogen-bond acceptors (Lipinski definition) is 3. The Labute approximate surface area is 99.4 Å². The van der Waals surface area contributed by atoms with E-state index in [2.05, 4.69) is 0 Å². The minimum absolute atomic E-state index is 0.125. The molecule has 0 aliphatic rings. The van der Waals surface area contributed by atoms with Gasteiger partial charge in [-0.15, -0.1) is 0 Å². The van der Waals surface area contributed by atoms with Gasteiger partial charge >= 0.3 is 0 Å². The predicted molar refractivity (Wildman–Crippen MR) is 62.2 cm³/mol. The molecule has 0 radical (unpaired) electrons. The molecule has 1 aromatic carbocycles. The number of benzene rings is 1. The molecular weight excluding hydrogens is 228 g/mol. The number of rotatable bonds is 5. The van der Waals surface area contributed by atoms with Crippen LogP contribution >= 0.6 is 11.6 Å². The Morgan fingerprint density at radius 1 is 1.56 bits per heavy atom. The Kier molecular flexibility index (Phi) is 4.50. The maximum Gasteiger partial charge on any atom is 0.167 e. The van der Waals surface area contributed by atoms with Gasteiger partial charge in [0.1, 0.15) is 12.0 Å². The predicted octanol–water partition coefficient (Wildman–Crippen LogP) is 2.76. The number of hydrogen-bond donors (Lipinski definition) is 0. The highest BCUT2D eigenvalue weighted by molar-refractivity contribution is 6.34. The van der Waals surface area contributed by atoms with Gasteiger partial charge in [-0.25, -0.2) is 0 Å². The second-order valence-corrected chi connectivity index (χ2v) is 3.92. The van der Waals surface area contributed by atoms with Gasteiger partial charge in [0, 0.05) is 17.9 Å². The Balaban J connectivity index is 2.95. The topological polar surface area (TPSA) is 43.4 Å². The fourth-order valence-electron chi connectivity index (χ4n) is 1.34. The Morgan fingerprint density at radius 3 is 2.75 bits per heavy atom. The second-order valence-electron chi connectivity index (χ2n) is 3.51. The van der Waals surface area contributed by atoms with E-state index in [9.17, 15) is 9.59 Å². The van der Waals surface area contributed by atoms with Crippen molar-refractivity contribution < 1.29 is 14.3 Å². The maximum absolute atomic E-state index is 11.9. The lowest BCUT2D eigenvalue weighted by molar-refractivity contribution is -0.108. The molecule has 3 nitrogen and oxygen atoms in total. The lowest BCUT2D eigenvalue weighted by Crippen LogP contribution is -2.12. The average Bonchev–Trinajstić information content (AvgIpc) is 2.28. The van der Waals surface area contributed by atoms with Crippen LogP contribution in [0.5, 0.6) is 5.75 Å². The molecule has 0 bridgehead atoms. The third kappa shape index (κ3) is 2.83. The lowest BCUT2D eigenvalue weighted by Gasteiger charge is -2.09. The van der Waals surface area contributed by atoms with E-state index in [0.717, 1.165) is 6.29 Å². The summed E-state index contributed by atoms with van der Waals surface area (Å²) in [6, 6.07) is 4.87. The molecule has 1 atom stereocenters. The molecule has 0 saturated heterocycles. The summed E-state index contributed by atoms with van der Waals surface area (Å²) in [7, 11) is 1.53. The van der Waals surface area contributed by atoms with E-state index >= 15 is 0 Å². The molecular formula is C12H13ClO3. The SMILES string of the molecule is COc1ccc(C(=O)C(C)CC=O)c(Cl)c1. The summed E-state index contributed by atoms with van der Waals surface area (Å²) >= 11 is 5.96. The first-order valence-electron chi connectivity index (χ1n) is 4.91. The molecule has 0 amide bonds. The van der Waals surface area contributed by atoms with Gasteiger partial charge in [-0.3, -0.25) is 4.79 Å². The van der Waals surface area contributed by atoms with Crippen molar-refractivity contribution in [3.05, 3.63) is 28.8 Å². The van der Waals surface area contributed by atoms with Crippen LogP contribution in [-0.2, 0) is 4.79 Å². The minimum atomic E-state index is -0.344. The average molecular weight is 241 g/mol. The zero-order valence-corrected chi connectivity index (χ0v) is 9.95. The quantitative estimate of drug-likeness (QED) is 0.587. The summed E-state index contributed by atoms with van der Waals surface area (Å²) in [6.45, 7) is 1.71. The van der Waals surface area contributed by atoms with E-state index in [1.54, 1.807) is 25.1 Å². The van der Waals surface area contributed by atoms with Crippen LogP contribution in [0.2, 0.25) is 5.02 Å². The van der Waals surface area contributed by atoms with Gasteiger partial charge in [-0.1, -0.05) is 18.5 Å². The van der Waals surface area contributed by atoms with E-state index in [4.69, 9.17) is 16.3 Å². The van der Waals surface area contributed by atoms with E-state index in [1.165, 1.54) is 7.11 Å². The fourth-order valence-corrected chi connectivity index (χ4v) is 1.60. The zero-order valence-electron chi connectivity index (χ0n) is 9.20. The van der Waals surface area contributed by atoms with Gasteiger partial charge in [0.2, 0.25) is 0 Å². The maximum atomic E-state index is 11.9. The van der Waals surface area contributed by atoms with E-state index in [1.807, 2.05) is 0 Å². The van der Waals surface area contributed by atoms with Crippen molar-refractivity contribution in [3.8, 4) is 5.75 Å². The number of ether oxygens (including phenoxy) is 1. The van der Waals surface area contributed by atoms with E-state index < -0.39 is 0 Å². The highest BCUT2D eigenvalue weighted by atomic mass is 35.5. The smallest absolute Gasteiger partial charge is 0.167 e. The van der Waals surface area contributed by atoms with Crippen LogP contribution in [0.15, 0.2) is 18.2 Å². The molecule has 0 spiro atoms. The van der Waals surface area contributed by atoms with Crippen LogP contribution < -0.4 is 4.74 Å². The molecule has 16 heavy (non-hydrogen) atoms. The Morgan fingerprint density at radius 2 is 2.25 bits per heavy atom. The van der Waals surface area contributed by atoms with Gasteiger partial charge < -0.3 is 9.53 Å². The number of ketones is 1. The zero-order chi connectivity index (χ0) is 12.1. The molecule has 0 aliphatic carbocycles. The summed E-state index contributed by atoms with van der Waals surface area (Å²) in [6.07, 6.45) is 0.946. The van der Waals surface area contributed by atoms with Crippen molar-refractivity contribution in [1.29, 1.82) is 0 Å². The summed E-state index contributed by atoms with van der Waals surface area (Å²) in [4.78, 5) is 22.2. The summed E-state index contributed by atoms with van der Waals surface area (Å²) in [5.74, 6) is 0.132. The van der Waals surface area contributed by atoms with Crippen molar-refractivity contribution in [3.63, 3.8) is 0 Å². The summed E-state index contributed by atoms with van der Waals surface area (Å²) in [5.41, 5.74) is 0.428. The molecule has 0 aromatic heterocycles. The van der Waals surface area contributed by atoms with Crippen LogP contribution in [-0.4, -0.2) is 19.2 Å². The van der Waals surface area contributed by atoms with Gasteiger partial charge in [0.25, 0.3) is 0 Å². The first kappa shape index (κ1) is 12.7. The molecule has 0 saturated carbocycles. The molecule has 4 heteroatoms. The van der Waals surface area contributed by atoms with Crippen molar-refractivity contribution in [1.82, 2.24) is 0 Å². The third-order valence-electron chi connectivity index (χ3n) is 2.34. The van der Waals surface area contributed by atoms with E-state index in [0.29, 0.717) is 16.3 Å². The third-order valence-corrected chi connectivity index (χ3v) is 2.65. The molecule has 1 aromatic rings. The van der Waals surface area contributed by atoms with Crippen molar-refractivity contribution in [2.24, 2.45) is 5.92 Å². The van der Waals surface area contributed by atoms with Gasteiger partial charge in [0.05, 0.1) is 12.1 Å². The monoisotopic (exact) mass is 240 g/mol. The number of carbonyl (C=O) groups is 2. The van der Waals surface area contributed by atoms with Gasteiger partial charge in [0.15, 0.2) is 5.78 Å². The standard InChI is InChI=1S/C12H13ClO3/c1-8(5-6-14)12(15)10-4-3-9(16-2)7-11(10)13/h3-4,6-8H,5H2,1-2H3. The highest BCUT2D eigenvalue weighted by Crippen LogP contribution is 2.25. The molecule has 0 aliphatic heterocycles. The van der Waals surface area contributed by atoms with Crippen LogP contribution in [0.25, 0.3) is 0 Å². The lowest BCUT2D eigenvalue weighted by atomic mass is 9.97. The Bertz CT molecular complexity index is 401. The first-order valence-corrected chi connectivity index (χ1v) is 5.29. The molecule has 1 unspecified atom stereocenters. The normalized spacial score (nSPS) is 11.9. The van der Waals surface area contributed by atoms with Gasteiger partial charge in [-0.2, -0.15) is 0 Å².